The zero-order valence-corrected chi connectivity index (χ0v) is 37.6. The molecule has 0 fully saturated rings. The normalized spacial score (nSPS) is 15.4. The molecule has 0 aromatic heterocycles. The van der Waals surface area contributed by atoms with Gasteiger partial charge in [0.05, 0.1) is 0 Å². The Labute approximate surface area is 342 Å². The summed E-state index contributed by atoms with van der Waals surface area (Å²) < 4.78 is 0. The molecule has 0 radical (unpaired) electrons. The molecule has 3 aromatic rings. The average molecular weight is 786 g/mol. The summed E-state index contributed by atoms with van der Waals surface area (Å²) in [5, 5.41) is 4.51. The van der Waals surface area contributed by atoms with Gasteiger partial charge in [0.2, 0.25) is 0 Å². The predicted molar refractivity (Wildman–Crippen MR) is 207 cm³/mol. The minimum absolute atomic E-state index is 0. The van der Waals surface area contributed by atoms with E-state index in [9.17, 15) is 0 Å². The molecule has 50 heavy (non-hydrogen) atoms. The van der Waals surface area contributed by atoms with Gasteiger partial charge < -0.3 is 37.2 Å². The molecular formula is C45H63Cl3SiTi. The van der Waals surface area contributed by atoms with Gasteiger partial charge in [-0.25, -0.2) is 5.57 Å². The van der Waals surface area contributed by atoms with Gasteiger partial charge >= 0.3 is 21.7 Å². The summed E-state index contributed by atoms with van der Waals surface area (Å²) in [6, 6.07) is 23.3. The maximum absolute atomic E-state index is 4.26. The first kappa shape index (κ1) is 48.9. The van der Waals surface area contributed by atoms with Crippen LogP contribution >= 0.6 is 0 Å². The predicted octanol–water partition coefficient (Wildman–Crippen LogP) is 2.01. The van der Waals surface area contributed by atoms with Crippen molar-refractivity contribution < 1.29 is 58.9 Å². The standard InChI is InChI=1S/C45H63Si.3ClH.Ti/c1-11-15-19-38-26-39(20-16-12-2)29-43(28-38)46(42-24-33(5)23-34(6)25-42,45(10)32-35(7)36(8)37(45)9)44-30-40(21-17-13-3)27-41(31-44)22-18-14-4;;;;/h23-31H,11-22H2,1-10H3;3*1H;/q-1;;;;+4/p-3. The Kier molecular flexibility index (Phi) is 21.8. The largest absolute Gasteiger partial charge is 4.00 e. The Hall–Kier alpha value is -1.06. The molecule has 3 aromatic carbocycles. The van der Waals surface area contributed by atoms with Gasteiger partial charge in [0.25, 0.3) is 0 Å². The fraction of sp³-hybridized carbons (Fsp3) is 0.511. The second kappa shape index (κ2) is 22.2. The van der Waals surface area contributed by atoms with Crippen molar-refractivity contribution >= 4 is 23.6 Å². The van der Waals surface area contributed by atoms with Crippen LogP contribution in [0.15, 0.2) is 71.3 Å². The molecule has 0 spiro atoms. The molecule has 0 bridgehead atoms. The van der Waals surface area contributed by atoms with Gasteiger partial charge in [-0.2, -0.15) is 11.1 Å². The number of halogens is 3. The van der Waals surface area contributed by atoms with Crippen LogP contribution in [0.2, 0.25) is 5.04 Å². The van der Waals surface area contributed by atoms with E-state index in [0.29, 0.717) is 0 Å². The molecule has 0 amide bonds. The Morgan fingerprint density at radius 3 is 1.10 bits per heavy atom. The van der Waals surface area contributed by atoms with E-state index in [1.165, 1.54) is 101 Å². The smallest absolute Gasteiger partial charge is 1.00 e. The van der Waals surface area contributed by atoms with Crippen molar-refractivity contribution in [2.45, 2.75) is 151 Å². The summed E-state index contributed by atoms with van der Waals surface area (Å²) >= 11 is 0. The number of allylic oxidation sites excluding steroid dienone is 4. The van der Waals surface area contributed by atoms with E-state index in [4.69, 9.17) is 0 Å². The molecule has 1 unspecified atom stereocenters. The Balaban J connectivity index is 0.00000600. The number of hydrogen-bond donors (Lipinski definition) is 0. The first-order valence-electron chi connectivity index (χ1n) is 18.7. The third-order valence-electron chi connectivity index (χ3n) is 11.0. The van der Waals surface area contributed by atoms with Crippen LogP contribution < -0.4 is 52.8 Å². The van der Waals surface area contributed by atoms with E-state index in [1.54, 1.807) is 15.6 Å². The van der Waals surface area contributed by atoms with E-state index in [-0.39, 0.29) is 64.0 Å². The fourth-order valence-corrected chi connectivity index (χ4v) is 14.6. The summed E-state index contributed by atoms with van der Waals surface area (Å²) in [7, 11) is -2.80. The van der Waals surface area contributed by atoms with Crippen LogP contribution in [0.1, 0.15) is 140 Å². The molecule has 1 aliphatic rings. The van der Waals surface area contributed by atoms with E-state index in [0.717, 1.165) is 25.7 Å². The van der Waals surface area contributed by atoms with Crippen molar-refractivity contribution in [3.05, 3.63) is 111 Å². The Morgan fingerprint density at radius 2 is 0.820 bits per heavy atom. The van der Waals surface area contributed by atoms with Gasteiger partial charge in [0.15, 0.2) is 0 Å². The minimum atomic E-state index is -2.80. The monoisotopic (exact) mass is 784 g/mol. The third kappa shape index (κ3) is 10.5. The van der Waals surface area contributed by atoms with Crippen molar-refractivity contribution in [2.24, 2.45) is 0 Å². The molecule has 272 valence electrons. The molecule has 0 saturated heterocycles. The summed E-state index contributed by atoms with van der Waals surface area (Å²) in [4.78, 5) is 0. The van der Waals surface area contributed by atoms with Gasteiger partial charge in [-0.3, -0.25) is 6.08 Å². The van der Waals surface area contributed by atoms with Crippen molar-refractivity contribution in [3.63, 3.8) is 0 Å². The summed E-state index contributed by atoms with van der Waals surface area (Å²) in [5.74, 6) is 0. The first-order valence-corrected chi connectivity index (χ1v) is 20.7. The molecular weight excluding hydrogens is 723 g/mol. The molecule has 0 N–H and O–H groups in total. The number of hydrogen-bond acceptors (Lipinski definition) is 0. The van der Waals surface area contributed by atoms with Crippen molar-refractivity contribution in [3.8, 4) is 0 Å². The quantitative estimate of drug-likeness (QED) is 0.119. The molecule has 0 nitrogen and oxygen atoms in total. The molecule has 0 aliphatic heterocycles. The topological polar surface area (TPSA) is 0 Å². The summed E-state index contributed by atoms with van der Waals surface area (Å²) in [5.41, 5.74) is 13.1. The fourth-order valence-electron chi connectivity index (χ4n) is 8.21. The van der Waals surface area contributed by atoms with Crippen LogP contribution in [-0.2, 0) is 47.4 Å². The number of unbranched alkanes of at least 4 members (excludes halogenated alkanes) is 4. The second-order valence-corrected chi connectivity index (χ2v) is 19.0. The molecule has 0 saturated carbocycles. The summed E-state index contributed by atoms with van der Waals surface area (Å²) in [6.45, 7) is 23.6. The van der Waals surface area contributed by atoms with Crippen LogP contribution in [0, 0.1) is 19.9 Å². The molecule has 5 heteroatoms. The minimum Gasteiger partial charge on any atom is -1.00 e. The zero-order valence-electron chi connectivity index (χ0n) is 32.8. The van der Waals surface area contributed by atoms with Crippen LogP contribution in [0.25, 0.3) is 0 Å². The number of benzene rings is 3. The first-order chi connectivity index (χ1) is 22.0. The summed E-state index contributed by atoms with van der Waals surface area (Å²) in [6.07, 6.45) is 18.7. The number of aryl methyl sites for hydroxylation is 6. The Morgan fingerprint density at radius 1 is 0.500 bits per heavy atom. The van der Waals surface area contributed by atoms with E-state index < -0.39 is 8.07 Å². The third-order valence-corrected chi connectivity index (χ3v) is 16.4. The van der Waals surface area contributed by atoms with Crippen LogP contribution in [-0.4, -0.2) is 8.07 Å². The van der Waals surface area contributed by atoms with Crippen molar-refractivity contribution in [1.82, 2.24) is 0 Å². The second-order valence-electron chi connectivity index (χ2n) is 14.7. The van der Waals surface area contributed by atoms with Crippen LogP contribution in [0.5, 0.6) is 0 Å². The molecule has 0 heterocycles. The van der Waals surface area contributed by atoms with Gasteiger partial charge in [-0.15, -0.1) is 6.92 Å². The maximum Gasteiger partial charge on any atom is 4.00 e. The van der Waals surface area contributed by atoms with Crippen LogP contribution in [0.4, 0.5) is 0 Å². The van der Waals surface area contributed by atoms with Gasteiger partial charge in [-0.05, 0) is 103 Å². The zero-order chi connectivity index (χ0) is 33.5. The molecule has 1 aliphatic carbocycles. The number of rotatable bonds is 16. The Bertz CT molecular complexity index is 1440. The SMILES string of the molecule is CCCCc1cc(CCCC)cc([Si](c2cc(C)cc(C)c2)(c2cc(CCCC)cc(CCCC)c2)C2(C)[C-]=C(C)C(C)=C2C)c1.[Cl-].[Cl-].[Cl-].[Ti+4]. The van der Waals surface area contributed by atoms with E-state index >= 15 is 0 Å². The van der Waals surface area contributed by atoms with Crippen LogP contribution in [0.3, 0.4) is 0 Å². The average Bonchev–Trinajstić information content (AvgIpc) is 3.23. The van der Waals surface area contributed by atoms with Gasteiger partial charge in [0.1, 0.15) is 8.07 Å². The van der Waals surface area contributed by atoms with E-state index in [1.807, 2.05) is 0 Å². The molecule has 1 atom stereocenters. The van der Waals surface area contributed by atoms with Crippen molar-refractivity contribution in [2.75, 3.05) is 0 Å². The maximum atomic E-state index is 4.26. The van der Waals surface area contributed by atoms with Crippen molar-refractivity contribution in [1.29, 1.82) is 0 Å². The molecule has 4 rings (SSSR count). The van der Waals surface area contributed by atoms with Gasteiger partial charge in [-0.1, -0.05) is 145 Å². The van der Waals surface area contributed by atoms with E-state index in [2.05, 4.69) is 130 Å². The van der Waals surface area contributed by atoms with Gasteiger partial charge in [0, 0.05) is 0 Å².